The van der Waals surface area contributed by atoms with Crippen LogP contribution in [0.15, 0.2) is 83.5 Å². The highest BCUT2D eigenvalue weighted by Gasteiger charge is 2.07. The van der Waals surface area contributed by atoms with Crippen LogP contribution in [0.5, 0.6) is 0 Å². The summed E-state index contributed by atoms with van der Waals surface area (Å²) in [6, 6.07) is 23.1. The quantitative estimate of drug-likeness (QED) is 0.696. The van der Waals surface area contributed by atoms with E-state index in [4.69, 9.17) is 0 Å². The summed E-state index contributed by atoms with van der Waals surface area (Å²) < 4.78 is 0. The Kier molecular flexibility index (Phi) is 3.20. The number of anilines is 1. The van der Waals surface area contributed by atoms with Gasteiger partial charge in [0.15, 0.2) is 0 Å². The molecule has 1 N–H and O–H groups in total. The van der Waals surface area contributed by atoms with Gasteiger partial charge in [-0.15, -0.1) is 0 Å². The number of hydrogen-bond acceptors (Lipinski definition) is 2. The van der Waals surface area contributed by atoms with Gasteiger partial charge in [-0.25, -0.2) is 0 Å². The summed E-state index contributed by atoms with van der Waals surface area (Å²) in [5, 5.41) is 6.03. The van der Waals surface area contributed by atoms with E-state index in [1.807, 2.05) is 24.4 Å². The lowest BCUT2D eigenvalue weighted by Crippen LogP contribution is -2.05. The van der Waals surface area contributed by atoms with E-state index in [0.717, 1.165) is 23.5 Å². The van der Waals surface area contributed by atoms with Crippen LogP contribution in [-0.4, -0.2) is 6.21 Å². The van der Waals surface area contributed by atoms with Crippen molar-refractivity contribution in [1.82, 2.24) is 0 Å². The highest BCUT2D eigenvalue weighted by molar-refractivity contribution is 5.92. The van der Waals surface area contributed by atoms with E-state index in [2.05, 4.69) is 64.9 Å². The number of aliphatic imine (C=N–C) groups is 1. The zero-order chi connectivity index (χ0) is 14.8. The fraction of sp³-hybridized carbons (Fsp3) is 0.0500. The number of para-hydroxylation sites is 2. The van der Waals surface area contributed by atoms with Crippen LogP contribution in [0.1, 0.15) is 5.56 Å². The topological polar surface area (TPSA) is 24.4 Å². The molecule has 0 spiro atoms. The first-order valence-electron chi connectivity index (χ1n) is 7.47. The molecule has 4 rings (SSSR count). The van der Waals surface area contributed by atoms with Gasteiger partial charge in [0.25, 0.3) is 0 Å². The Bertz CT molecular complexity index is 886. The van der Waals surface area contributed by atoms with Gasteiger partial charge in [0, 0.05) is 0 Å². The molecule has 3 aromatic rings. The average Bonchev–Trinajstić information content (AvgIpc) is 2.60. The van der Waals surface area contributed by atoms with Crippen molar-refractivity contribution in [2.24, 2.45) is 4.99 Å². The SMILES string of the molecule is C1=Nc2ccccc2N/C1=C/Cc1cccc2ccccc12. The maximum absolute atomic E-state index is 4.49. The molecule has 0 bridgehead atoms. The first kappa shape index (κ1) is 12.8. The van der Waals surface area contributed by atoms with Crippen molar-refractivity contribution < 1.29 is 0 Å². The van der Waals surface area contributed by atoms with Gasteiger partial charge < -0.3 is 5.32 Å². The molecular weight excluding hydrogens is 268 g/mol. The van der Waals surface area contributed by atoms with Crippen molar-refractivity contribution in [2.45, 2.75) is 6.42 Å². The summed E-state index contributed by atoms with van der Waals surface area (Å²) >= 11 is 0. The molecule has 0 aliphatic carbocycles. The molecule has 0 fully saturated rings. The van der Waals surface area contributed by atoms with Crippen molar-refractivity contribution in [2.75, 3.05) is 5.32 Å². The molecule has 0 radical (unpaired) electrons. The Hall–Kier alpha value is -2.87. The molecule has 0 aromatic heterocycles. The van der Waals surface area contributed by atoms with Crippen LogP contribution in [-0.2, 0) is 6.42 Å². The lowest BCUT2D eigenvalue weighted by molar-refractivity contribution is 1.27. The third kappa shape index (κ3) is 2.40. The number of fused-ring (bicyclic) bond motifs is 2. The Balaban J connectivity index is 1.62. The molecule has 1 aliphatic rings. The molecule has 2 heteroatoms. The van der Waals surface area contributed by atoms with Gasteiger partial charge in [-0.05, 0) is 34.9 Å². The number of benzene rings is 3. The van der Waals surface area contributed by atoms with E-state index in [9.17, 15) is 0 Å². The van der Waals surface area contributed by atoms with E-state index in [-0.39, 0.29) is 0 Å². The van der Waals surface area contributed by atoms with E-state index < -0.39 is 0 Å². The van der Waals surface area contributed by atoms with E-state index >= 15 is 0 Å². The molecule has 1 heterocycles. The molecule has 22 heavy (non-hydrogen) atoms. The fourth-order valence-electron chi connectivity index (χ4n) is 2.81. The van der Waals surface area contributed by atoms with Crippen LogP contribution >= 0.6 is 0 Å². The van der Waals surface area contributed by atoms with Gasteiger partial charge in [-0.3, -0.25) is 4.99 Å². The largest absolute Gasteiger partial charge is 0.353 e. The molecule has 0 saturated carbocycles. The van der Waals surface area contributed by atoms with Gasteiger partial charge in [0.1, 0.15) is 0 Å². The van der Waals surface area contributed by atoms with Crippen LogP contribution in [0, 0.1) is 0 Å². The predicted octanol–water partition coefficient (Wildman–Crippen LogP) is 5.09. The zero-order valence-corrected chi connectivity index (χ0v) is 12.2. The number of allylic oxidation sites excluding steroid dienone is 2. The lowest BCUT2D eigenvalue weighted by Gasteiger charge is -2.14. The van der Waals surface area contributed by atoms with Gasteiger partial charge in [0.05, 0.1) is 23.3 Å². The normalized spacial score (nSPS) is 14.8. The van der Waals surface area contributed by atoms with Gasteiger partial charge >= 0.3 is 0 Å². The smallest absolute Gasteiger partial charge is 0.0865 e. The third-order valence-electron chi connectivity index (χ3n) is 3.95. The maximum Gasteiger partial charge on any atom is 0.0865 e. The average molecular weight is 284 g/mol. The van der Waals surface area contributed by atoms with Crippen molar-refractivity contribution in [1.29, 1.82) is 0 Å². The predicted molar refractivity (Wildman–Crippen MR) is 94.0 cm³/mol. The minimum absolute atomic E-state index is 0.887. The molecule has 106 valence electrons. The molecule has 2 nitrogen and oxygen atoms in total. The first-order chi connectivity index (χ1) is 10.9. The lowest BCUT2D eigenvalue weighted by atomic mass is 10.0. The summed E-state index contributed by atoms with van der Waals surface area (Å²) in [7, 11) is 0. The summed E-state index contributed by atoms with van der Waals surface area (Å²) in [5.74, 6) is 0. The number of hydrogen-bond donors (Lipinski definition) is 1. The second-order valence-electron chi connectivity index (χ2n) is 5.40. The van der Waals surface area contributed by atoms with E-state index in [1.165, 1.54) is 16.3 Å². The Morgan fingerprint density at radius 3 is 2.68 bits per heavy atom. The Morgan fingerprint density at radius 1 is 0.864 bits per heavy atom. The number of nitrogens with one attached hydrogen (secondary N) is 1. The highest BCUT2D eigenvalue weighted by atomic mass is 15.0. The highest BCUT2D eigenvalue weighted by Crippen LogP contribution is 2.28. The van der Waals surface area contributed by atoms with E-state index in [0.29, 0.717) is 0 Å². The Morgan fingerprint density at radius 2 is 1.68 bits per heavy atom. The molecule has 0 unspecified atom stereocenters. The second-order valence-corrected chi connectivity index (χ2v) is 5.40. The second kappa shape index (κ2) is 5.49. The molecule has 3 aromatic carbocycles. The van der Waals surface area contributed by atoms with Crippen LogP contribution in [0.3, 0.4) is 0 Å². The number of rotatable bonds is 2. The van der Waals surface area contributed by atoms with Crippen LogP contribution in [0.25, 0.3) is 10.8 Å². The van der Waals surface area contributed by atoms with Gasteiger partial charge in [-0.2, -0.15) is 0 Å². The number of nitrogens with zero attached hydrogens (tertiary/aromatic N) is 1. The molecule has 0 saturated heterocycles. The monoisotopic (exact) mass is 284 g/mol. The van der Waals surface area contributed by atoms with Crippen LogP contribution < -0.4 is 5.32 Å². The summed E-state index contributed by atoms with van der Waals surface area (Å²) in [6.07, 6.45) is 4.98. The van der Waals surface area contributed by atoms with Crippen LogP contribution in [0.4, 0.5) is 11.4 Å². The minimum atomic E-state index is 0.887. The summed E-state index contributed by atoms with van der Waals surface area (Å²) in [6.45, 7) is 0. The standard InChI is InChI=1S/C20H16N2/c1-2-9-18-15(6-1)7-5-8-16(18)12-13-17-14-21-19-10-3-4-11-20(19)22-17/h1-11,13-14,22H,12H2/b17-13+. The molecule has 0 amide bonds. The first-order valence-corrected chi connectivity index (χ1v) is 7.47. The minimum Gasteiger partial charge on any atom is -0.353 e. The van der Waals surface area contributed by atoms with Gasteiger partial charge in [0.2, 0.25) is 0 Å². The molecule has 0 atom stereocenters. The third-order valence-corrected chi connectivity index (χ3v) is 3.95. The molecule has 1 aliphatic heterocycles. The zero-order valence-electron chi connectivity index (χ0n) is 12.2. The summed E-state index contributed by atoms with van der Waals surface area (Å²) in [5.41, 5.74) is 4.44. The fourth-order valence-corrected chi connectivity index (χ4v) is 2.81. The molecular formula is C20H16N2. The van der Waals surface area contributed by atoms with Gasteiger partial charge in [-0.1, -0.05) is 60.7 Å². The Labute approximate surface area is 129 Å². The van der Waals surface area contributed by atoms with E-state index in [1.54, 1.807) is 0 Å². The van der Waals surface area contributed by atoms with Crippen molar-refractivity contribution in [3.63, 3.8) is 0 Å². The maximum atomic E-state index is 4.49. The van der Waals surface area contributed by atoms with Crippen molar-refractivity contribution in [3.8, 4) is 0 Å². The van der Waals surface area contributed by atoms with Crippen molar-refractivity contribution >= 4 is 28.4 Å². The van der Waals surface area contributed by atoms with Crippen LogP contribution in [0.2, 0.25) is 0 Å². The summed E-state index contributed by atoms with van der Waals surface area (Å²) in [4.78, 5) is 4.49. The van der Waals surface area contributed by atoms with Crippen molar-refractivity contribution in [3.05, 3.63) is 84.1 Å².